The summed E-state index contributed by atoms with van der Waals surface area (Å²) in [7, 11) is 1.63. The van der Waals surface area contributed by atoms with Crippen LogP contribution >= 0.6 is 0 Å². The van der Waals surface area contributed by atoms with Crippen LogP contribution in [0.2, 0.25) is 0 Å². The van der Waals surface area contributed by atoms with E-state index in [1.165, 1.54) is 0 Å². The molecule has 0 saturated heterocycles. The molecule has 3 rings (SSSR count). The summed E-state index contributed by atoms with van der Waals surface area (Å²) >= 11 is 0. The highest BCUT2D eigenvalue weighted by molar-refractivity contribution is 5.94. The third kappa shape index (κ3) is 6.70. The quantitative estimate of drug-likeness (QED) is 0.343. The van der Waals surface area contributed by atoms with Crippen molar-refractivity contribution >= 4 is 5.91 Å². The molecule has 1 heterocycles. The number of carbonyl (C=O) groups excluding carboxylic acids is 1. The summed E-state index contributed by atoms with van der Waals surface area (Å²) in [6, 6.07) is 14.6. The SMILES string of the molecule is C=CCOc1ccc(C(=O)NCCCCCc2nc(-c3ccc(OC)cc3)no2)cc1. The van der Waals surface area contributed by atoms with Crippen molar-refractivity contribution in [2.24, 2.45) is 0 Å². The molecular formula is C24H27N3O4. The van der Waals surface area contributed by atoms with Crippen molar-refractivity contribution in [3.8, 4) is 22.9 Å². The van der Waals surface area contributed by atoms with Gasteiger partial charge in [0.25, 0.3) is 5.91 Å². The lowest BCUT2D eigenvalue weighted by Gasteiger charge is -2.06. The number of unbranched alkanes of at least 4 members (excludes halogenated alkanes) is 2. The van der Waals surface area contributed by atoms with Crippen molar-refractivity contribution in [1.29, 1.82) is 0 Å². The fourth-order valence-corrected chi connectivity index (χ4v) is 2.95. The maximum atomic E-state index is 12.2. The van der Waals surface area contributed by atoms with Gasteiger partial charge in [0, 0.05) is 24.1 Å². The Kier molecular flexibility index (Phi) is 8.22. The molecule has 7 nitrogen and oxygen atoms in total. The number of hydrogen-bond donors (Lipinski definition) is 1. The van der Waals surface area contributed by atoms with E-state index >= 15 is 0 Å². The third-order valence-electron chi connectivity index (χ3n) is 4.65. The Labute approximate surface area is 182 Å². The Morgan fingerprint density at radius 3 is 2.52 bits per heavy atom. The second-order valence-corrected chi connectivity index (χ2v) is 6.93. The van der Waals surface area contributed by atoms with E-state index in [0.717, 1.165) is 30.6 Å². The predicted octanol–water partition coefficient (Wildman–Crippen LogP) is 4.45. The van der Waals surface area contributed by atoms with Crippen LogP contribution in [0.1, 0.15) is 35.5 Å². The molecule has 1 aromatic heterocycles. The van der Waals surface area contributed by atoms with E-state index < -0.39 is 0 Å². The lowest BCUT2D eigenvalue weighted by atomic mass is 10.1. The van der Waals surface area contributed by atoms with E-state index in [-0.39, 0.29) is 5.91 Å². The molecule has 1 amide bonds. The summed E-state index contributed by atoms with van der Waals surface area (Å²) < 4.78 is 15.9. The summed E-state index contributed by atoms with van der Waals surface area (Å²) in [5.74, 6) is 2.61. The maximum Gasteiger partial charge on any atom is 0.251 e. The van der Waals surface area contributed by atoms with Crippen LogP contribution in [0.3, 0.4) is 0 Å². The molecule has 0 aliphatic carbocycles. The predicted molar refractivity (Wildman–Crippen MR) is 118 cm³/mol. The average molecular weight is 421 g/mol. The first kappa shape index (κ1) is 22.1. The normalized spacial score (nSPS) is 10.5. The number of amides is 1. The first-order chi connectivity index (χ1) is 15.2. The zero-order valence-electron chi connectivity index (χ0n) is 17.7. The van der Waals surface area contributed by atoms with Gasteiger partial charge in [-0.3, -0.25) is 4.79 Å². The zero-order chi connectivity index (χ0) is 21.9. The van der Waals surface area contributed by atoms with E-state index in [4.69, 9.17) is 14.0 Å². The van der Waals surface area contributed by atoms with Crippen molar-refractivity contribution in [3.63, 3.8) is 0 Å². The number of methoxy groups -OCH3 is 1. The van der Waals surface area contributed by atoms with Gasteiger partial charge in [-0.05, 0) is 61.4 Å². The summed E-state index contributed by atoms with van der Waals surface area (Å²) in [6.45, 7) is 4.67. The molecule has 0 unspecified atom stereocenters. The maximum absolute atomic E-state index is 12.2. The van der Waals surface area contributed by atoms with E-state index in [9.17, 15) is 4.79 Å². The lowest BCUT2D eigenvalue weighted by Crippen LogP contribution is -2.24. The van der Waals surface area contributed by atoms with Gasteiger partial charge < -0.3 is 19.3 Å². The average Bonchev–Trinajstić information content (AvgIpc) is 3.29. The van der Waals surface area contributed by atoms with Crippen molar-refractivity contribution < 1.29 is 18.8 Å². The highest BCUT2D eigenvalue weighted by Gasteiger charge is 2.09. The van der Waals surface area contributed by atoms with Crippen LogP contribution in [0.15, 0.2) is 65.7 Å². The molecule has 1 N–H and O–H groups in total. The van der Waals surface area contributed by atoms with E-state index in [1.54, 1.807) is 37.5 Å². The van der Waals surface area contributed by atoms with Crippen LogP contribution in [-0.2, 0) is 6.42 Å². The first-order valence-corrected chi connectivity index (χ1v) is 10.3. The first-order valence-electron chi connectivity index (χ1n) is 10.3. The van der Waals surface area contributed by atoms with Crippen LogP contribution in [-0.4, -0.2) is 36.3 Å². The Hall–Kier alpha value is -3.61. The molecule has 0 atom stereocenters. The molecule has 0 saturated carbocycles. The summed E-state index contributed by atoms with van der Waals surface area (Å²) in [4.78, 5) is 16.6. The molecule has 0 aliphatic heterocycles. The van der Waals surface area contributed by atoms with E-state index in [2.05, 4.69) is 22.0 Å². The van der Waals surface area contributed by atoms with Crippen molar-refractivity contribution in [2.75, 3.05) is 20.3 Å². The van der Waals surface area contributed by atoms with Gasteiger partial charge >= 0.3 is 0 Å². The minimum Gasteiger partial charge on any atom is -0.497 e. The standard InChI is InChI=1S/C24H27N3O4/c1-3-17-30-21-14-10-19(11-15-21)24(28)25-16-6-4-5-7-22-26-23(27-31-22)18-8-12-20(29-2)13-9-18/h3,8-15H,1,4-7,16-17H2,2H3,(H,25,28). The van der Waals surface area contributed by atoms with Crippen molar-refractivity contribution in [1.82, 2.24) is 15.5 Å². The molecular weight excluding hydrogens is 394 g/mol. The number of hydrogen-bond acceptors (Lipinski definition) is 6. The van der Waals surface area contributed by atoms with Crippen molar-refractivity contribution in [2.45, 2.75) is 25.7 Å². The number of benzene rings is 2. The Bertz CT molecular complexity index is 965. The number of carbonyl (C=O) groups is 1. The second kappa shape index (κ2) is 11.5. The molecule has 7 heteroatoms. The lowest BCUT2D eigenvalue weighted by molar-refractivity contribution is 0.0953. The van der Waals surface area contributed by atoms with Crippen LogP contribution in [0.5, 0.6) is 11.5 Å². The monoisotopic (exact) mass is 421 g/mol. The summed E-state index contributed by atoms with van der Waals surface area (Å²) in [5.41, 5.74) is 1.50. The second-order valence-electron chi connectivity index (χ2n) is 6.93. The van der Waals surface area contributed by atoms with Gasteiger partial charge in [-0.1, -0.05) is 24.2 Å². The van der Waals surface area contributed by atoms with Gasteiger partial charge in [0.15, 0.2) is 0 Å². The molecule has 0 spiro atoms. The van der Waals surface area contributed by atoms with Crippen LogP contribution in [0.4, 0.5) is 0 Å². The Balaban J connectivity index is 1.33. The fourth-order valence-electron chi connectivity index (χ4n) is 2.95. The molecule has 0 radical (unpaired) electrons. The Morgan fingerprint density at radius 1 is 1.06 bits per heavy atom. The fraction of sp³-hybridized carbons (Fsp3) is 0.292. The number of nitrogens with one attached hydrogen (secondary N) is 1. The number of nitrogens with zero attached hydrogens (tertiary/aromatic N) is 2. The van der Waals surface area contributed by atoms with Gasteiger partial charge in [0.1, 0.15) is 18.1 Å². The summed E-state index contributed by atoms with van der Waals surface area (Å²) in [6.07, 6.45) is 5.14. The van der Waals surface area contributed by atoms with Crippen LogP contribution in [0, 0.1) is 0 Å². The zero-order valence-corrected chi connectivity index (χ0v) is 17.7. The molecule has 3 aromatic rings. The van der Waals surface area contributed by atoms with E-state index in [0.29, 0.717) is 42.6 Å². The number of ether oxygens (including phenoxy) is 2. The van der Waals surface area contributed by atoms with E-state index in [1.807, 2.05) is 24.3 Å². The molecule has 0 bridgehead atoms. The van der Waals surface area contributed by atoms with Gasteiger partial charge in [-0.25, -0.2) is 0 Å². The molecule has 162 valence electrons. The molecule has 2 aromatic carbocycles. The number of aromatic nitrogens is 2. The van der Waals surface area contributed by atoms with Crippen LogP contribution in [0.25, 0.3) is 11.4 Å². The summed E-state index contributed by atoms with van der Waals surface area (Å²) in [5, 5.41) is 6.98. The molecule has 0 fully saturated rings. The van der Waals surface area contributed by atoms with Gasteiger partial charge in [0.2, 0.25) is 11.7 Å². The topological polar surface area (TPSA) is 86.5 Å². The van der Waals surface area contributed by atoms with Crippen LogP contribution < -0.4 is 14.8 Å². The minimum absolute atomic E-state index is 0.0868. The molecule has 31 heavy (non-hydrogen) atoms. The van der Waals surface area contributed by atoms with Gasteiger partial charge in [0.05, 0.1) is 7.11 Å². The Morgan fingerprint density at radius 2 is 1.81 bits per heavy atom. The number of rotatable bonds is 12. The van der Waals surface area contributed by atoms with Gasteiger partial charge in [-0.15, -0.1) is 0 Å². The highest BCUT2D eigenvalue weighted by atomic mass is 16.5. The van der Waals surface area contributed by atoms with Gasteiger partial charge in [-0.2, -0.15) is 4.98 Å². The minimum atomic E-state index is -0.0868. The largest absolute Gasteiger partial charge is 0.497 e. The third-order valence-corrected chi connectivity index (χ3v) is 4.65. The smallest absolute Gasteiger partial charge is 0.251 e. The number of aryl methyl sites for hydroxylation is 1. The molecule has 0 aliphatic rings. The highest BCUT2D eigenvalue weighted by Crippen LogP contribution is 2.20. The van der Waals surface area contributed by atoms with Crippen molar-refractivity contribution in [3.05, 3.63) is 72.6 Å².